The van der Waals surface area contributed by atoms with Gasteiger partial charge >= 0.3 is 0 Å². The largest absolute Gasteiger partial charge is 0.390 e. The summed E-state index contributed by atoms with van der Waals surface area (Å²) in [6, 6.07) is 0. The molecule has 16 heavy (non-hydrogen) atoms. The number of unbranched alkanes of at least 4 members (excludes halogenated alkanes) is 1. The van der Waals surface area contributed by atoms with E-state index in [1.54, 1.807) is 0 Å². The lowest BCUT2D eigenvalue weighted by atomic mass is 9.98. The summed E-state index contributed by atoms with van der Waals surface area (Å²) < 4.78 is 25.3. The zero-order valence-electron chi connectivity index (χ0n) is 9.93. The molecule has 5 heteroatoms. The first-order valence-corrected chi connectivity index (χ1v) is 5.73. The van der Waals surface area contributed by atoms with Crippen LogP contribution in [0.3, 0.4) is 0 Å². The van der Waals surface area contributed by atoms with E-state index in [4.69, 9.17) is 5.11 Å². The molecule has 96 valence electrons. The Balaban J connectivity index is 4.01. The van der Waals surface area contributed by atoms with Crippen LogP contribution in [0.15, 0.2) is 0 Å². The number of carbonyl (C=O) groups is 1. The maximum Gasteiger partial charge on any atom is 0.287 e. The van der Waals surface area contributed by atoms with E-state index in [0.717, 1.165) is 19.3 Å². The fourth-order valence-electron chi connectivity index (χ4n) is 1.39. The van der Waals surface area contributed by atoms with Crippen LogP contribution in [-0.4, -0.2) is 30.1 Å². The summed E-state index contributed by atoms with van der Waals surface area (Å²) in [6.07, 6.45) is 3.28. The molecule has 1 atom stereocenters. The fourth-order valence-corrected chi connectivity index (χ4v) is 1.39. The number of aliphatic hydroxyl groups excluding tert-OH is 1. The minimum Gasteiger partial charge on any atom is -0.390 e. The lowest BCUT2D eigenvalue weighted by molar-refractivity contribution is -0.128. The molecule has 0 aromatic heterocycles. The number of amides is 1. The van der Waals surface area contributed by atoms with Crippen molar-refractivity contribution in [1.82, 2.24) is 5.32 Å². The van der Waals surface area contributed by atoms with Crippen LogP contribution < -0.4 is 5.32 Å². The Morgan fingerprint density at radius 2 is 2.06 bits per heavy atom. The van der Waals surface area contributed by atoms with Crippen molar-refractivity contribution < 1.29 is 18.7 Å². The van der Waals surface area contributed by atoms with Crippen molar-refractivity contribution in [2.75, 3.05) is 13.2 Å². The number of rotatable bonds is 8. The highest BCUT2D eigenvalue weighted by molar-refractivity contribution is 5.78. The van der Waals surface area contributed by atoms with Crippen LogP contribution >= 0.6 is 0 Å². The molecule has 0 fully saturated rings. The molecular weight excluding hydrogens is 216 g/mol. The normalized spacial score (nSPS) is 13.6. The maximum absolute atomic E-state index is 12.7. The molecule has 0 aliphatic rings. The summed E-state index contributed by atoms with van der Waals surface area (Å²) in [4.78, 5) is 11.5. The molecule has 0 aliphatic carbocycles. The van der Waals surface area contributed by atoms with Gasteiger partial charge in [-0.25, -0.2) is 8.78 Å². The number of hydrogen-bond acceptors (Lipinski definition) is 2. The standard InChI is InChI=1S/C11H21F2NO2/c1-3-5-6-9(4-2)10(16)14-7-11(12,13)8-15/h9,15H,3-8H2,1-2H3,(H,14,16). The molecular formula is C11H21F2NO2. The van der Waals surface area contributed by atoms with Crippen LogP contribution in [0.1, 0.15) is 39.5 Å². The third-order valence-electron chi connectivity index (χ3n) is 2.52. The Labute approximate surface area is 95.2 Å². The van der Waals surface area contributed by atoms with Crippen LogP contribution in [-0.2, 0) is 4.79 Å². The van der Waals surface area contributed by atoms with E-state index in [0.29, 0.717) is 6.42 Å². The summed E-state index contributed by atoms with van der Waals surface area (Å²) in [5.74, 6) is -3.77. The first-order valence-electron chi connectivity index (χ1n) is 5.73. The highest BCUT2D eigenvalue weighted by Gasteiger charge is 2.29. The monoisotopic (exact) mass is 237 g/mol. The van der Waals surface area contributed by atoms with Crippen LogP contribution in [0.5, 0.6) is 0 Å². The van der Waals surface area contributed by atoms with Gasteiger partial charge in [0.15, 0.2) is 0 Å². The van der Waals surface area contributed by atoms with Gasteiger partial charge in [0, 0.05) is 5.92 Å². The second-order valence-electron chi connectivity index (χ2n) is 3.98. The average Bonchev–Trinajstić information content (AvgIpc) is 2.27. The van der Waals surface area contributed by atoms with Gasteiger partial charge in [-0.1, -0.05) is 26.7 Å². The van der Waals surface area contributed by atoms with Gasteiger partial charge in [-0.3, -0.25) is 4.79 Å². The van der Waals surface area contributed by atoms with E-state index in [1.165, 1.54) is 0 Å². The zero-order valence-corrected chi connectivity index (χ0v) is 9.93. The molecule has 1 unspecified atom stereocenters. The van der Waals surface area contributed by atoms with Crippen molar-refractivity contribution in [3.8, 4) is 0 Å². The average molecular weight is 237 g/mol. The Bertz CT molecular complexity index is 210. The van der Waals surface area contributed by atoms with E-state index in [1.807, 2.05) is 13.8 Å². The van der Waals surface area contributed by atoms with E-state index in [9.17, 15) is 13.6 Å². The molecule has 0 saturated heterocycles. The van der Waals surface area contributed by atoms with Gasteiger partial charge < -0.3 is 10.4 Å². The van der Waals surface area contributed by atoms with Crippen molar-refractivity contribution in [2.45, 2.75) is 45.5 Å². The number of carbonyl (C=O) groups excluding carboxylic acids is 1. The minimum absolute atomic E-state index is 0.200. The molecule has 0 aliphatic heterocycles. The van der Waals surface area contributed by atoms with E-state index in [-0.39, 0.29) is 11.8 Å². The second-order valence-corrected chi connectivity index (χ2v) is 3.98. The number of hydrogen-bond donors (Lipinski definition) is 2. The maximum atomic E-state index is 12.7. The van der Waals surface area contributed by atoms with Crippen LogP contribution in [0, 0.1) is 5.92 Å². The third kappa shape index (κ3) is 6.00. The van der Waals surface area contributed by atoms with Crippen molar-refractivity contribution >= 4 is 5.91 Å². The van der Waals surface area contributed by atoms with Gasteiger partial charge in [-0.05, 0) is 12.8 Å². The van der Waals surface area contributed by atoms with Crippen molar-refractivity contribution in [1.29, 1.82) is 0 Å². The first-order chi connectivity index (χ1) is 7.46. The summed E-state index contributed by atoms with van der Waals surface area (Å²) in [7, 11) is 0. The van der Waals surface area contributed by atoms with Gasteiger partial charge in [0.25, 0.3) is 5.92 Å². The first kappa shape index (κ1) is 15.3. The number of aliphatic hydroxyl groups is 1. The second kappa shape index (κ2) is 7.54. The topological polar surface area (TPSA) is 49.3 Å². The summed E-state index contributed by atoms with van der Waals surface area (Å²) in [5.41, 5.74) is 0. The molecule has 0 radical (unpaired) electrons. The highest BCUT2D eigenvalue weighted by Crippen LogP contribution is 2.14. The van der Waals surface area contributed by atoms with Crippen LogP contribution in [0.2, 0.25) is 0 Å². The van der Waals surface area contributed by atoms with Gasteiger partial charge in [0.2, 0.25) is 5.91 Å². The SMILES string of the molecule is CCCCC(CC)C(=O)NCC(F)(F)CO. The molecule has 0 aromatic carbocycles. The Morgan fingerprint density at radius 1 is 1.44 bits per heavy atom. The number of alkyl halides is 2. The van der Waals surface area contributed by atoms with Crippen molar-refractivity contribution in [2.24, 2.45) is 5.92 Å². The molecule has 0 heterocycles. The lowest BCUT2D eigenvalue weighted by Gasteiger charge is -2.18. The quantitative estimate of drug-likeness (QED) is 0.678. The van der Waals surface area contributed by atoms with Gasteiger partial charge in [-0.2, -0.15) is 0 Å². The third-order valence-corrected chi connectivity index (χ3v) is 2.52. The predicted molar refractivity (Wildman–Crippen MR) is 58.3 cm³/mol. The van der Waals surface area contributed by atoms with Crippen LogP contribution in [0.25, 0.3) is 0 Å². The fraction of sp³-hybridized carbons (Fsp3) is 0.909. The van der Waals surface area contributed by atoms with Gasteiger partial charge in [0.05, 0.1) is 6.54 Å². The summed E-state index contributed by atoms with van der Waals surface area (Å²) in [6.45, 7) is 1.86. The molecule has 3 nitrogen and oxygen atoms in total. The van der Waals surface area contributed by atoms with Gasteiger partial charge in [0.1, 0.15) is 6.61 Å². The van der Waals surface area contributed by atoms with Crippen molar-refractivity contribution in [3.63, 3.8) is 0 Å². The Hall–Kier alpha value is -0.710. The number of nitrogens with one attached hydrogen (secondary N) is 1. The summed E-state index contributed by atoms with van der Waals surface area (Å²) >= 11 is 0. The smallest absolute Gasteiger partial charge is 0.287 e. The molecule has 0 rings (SSSR count). The van der Waals surface area contributed by atoms with Crippen molar-refractivity contribution in [3.05, 3.63) is 0 Å². The van der Waals surface area contributed by atoms with Gasteiger partial charge in [-0.15, -0.1) is 0 Å². The van der Waals surface area contributed by atoms with E-state index < -0.39 is 19.1 Å². The number of halogens is 2. The van der Waals surface area contributed by atoms with E-state index >= 15 is 0 Å². The molecule has 0 saturated carbocycles. The Kier molecular flexibility index (Phi) is 7.21. The van der Waals surface area contributed by atoms with E-state index in [2.05, 4.69) is 5.32 Å². The minimum atomic E-state index is -3.22. The van der Waals surface area contributed by atoms with Crippen LogP contribution in [0.4, 0.5) is 8.78 Å². The molecule has 0 bridgehead atoms. The molecule has 2 N–H and O–H groups in total. The molecule has 0 aromatic rings. The molecule has 0 spiro atoms. The molecule has 1 amide bonds. The summed E-state index contributed by atoms with van der Waals surface area (Å²) in [5, 5.41) is 10.5. The lowest BCUT2D eigenvalue weighted by Crippen LogP contribution is -2.41. The Morgan fingerprint density at radius 3 is 2.50 bits per heavy atom. The predicted octanol–water partition coefficient (Wildman–Crippen LogP) is 1.95. The zero-order chi connectivity index (χ0) is 12.6. The highest BCUT2D eigenvalue weighted by atomic mass is 19.3.